The van der Waals surface area contributed by atoms with Gasteiger partial charge in [0.25, 0.3) is 0 Å². The molecule has 2 aromatic heterocycles. The van der Waals surface area contributed by atoms with Gasteiger partial charge in [0.05, 0.1) is 16.6 Å². The molecule has 3 aromatic rings. The quantitative estimate of drug-likeness (QED) is 0.354. The number of carbonyl (C=O) groups is 1. The van der Waals surface area contributed by atoms with Crippen molar-refractivity contribution in [3.63, 3.8) is 0 Å². The number of fused-ring (bicyclic) bond motifs is 1. The summed E-state index contributed by atoms with van der Waals surface area (Å²) in [4.78, 5) is 24.6. The number of carbonyl (C=O) groups excluding carboxylic acids is 1. The highest BCUT2D eigenvalue weighted by atomic mass is 19.4. The minimum absolute atomic E-state index is 0.0335. The molecular formula is C21H18F6N6O3. The fourth-order valence-corrected chi connectivity index (χ4v) is 3.97. The fraction of sp³-hybridized carbons (Fsp3) is 0.333. The van der Waals surface area contributed by atoms with E-state index in [-0.39, 0.29) is 41.8 Å². The van der Waals surface area contributed by atoms with Crippen molar-refractivity contribution >= 4 is 34.5 Å². The number of esters is 1. The van der Waals surface area contributed by atoms with E-state index in [2.05, 4.69) is 25.0 Å². The van der Waals surface area contributed by atoms with Gasteiger partial charge in [-0.1, -0.05) is 6.07 Å². The largest absolute Gasteiger partial charge is 0.491 e. The van der Waals surface area contributed by atoms with Crippen LogP contribution in [0.4, 0.5) is 43.8 Å². The minimum atomic E-state index is -5.37. The predicted octanol–water partition coefficient (Wildman–Crippen LogP) is 3.34. The third-order valence-electron chi connectivity index (χ3n) is 5.49. The molecule has 3 heterocycles. The third-order valence-corrected chi connectivity index (χ3v) is 5.49. The number of aliphatic hydroxyl groups is 1. The van der Waals surface area contributed by atoms with Crippen LogP contribution in [0.5, 0.6) is 0 Å². The second-order valence-corrected chi connectivity index (χ2v) is 7.79. The number of rotatable bonds is 4. The molecule has 1 aromatic carbocycles. The first-order chi connectivity index (χ1) is 16.8. The van der Waals surface area contributed by atoms with Gasteiger partial charge in [-0.15, -0.1) is 0 Å². The Bertz CT molecular complexity index is 1320. The Hall–Kier alpha value is -3.88. The molecule has 0 amide bonds. The summed E-state index contributed by atoms with van der Waals surface area (Å²) in [6, 6.07) is 5.72. The van der Waals surface area contributed by atoms with Crippen LogP contribution in [0.25, 0.3) is 22.3 Å². The van der Waals surface area contributed by atoms with Crippen LogP contribution in [0.15, 0.2) is 30.3 Å². The number of ether oxygens (including phenoxy) is 1. The number of pyridine rings is 1. The average molecular weight is 516 g/mol. The van der Waals surface area contributed by atoms with E-state index in [1.165, 1.54) is 18.2 Å². The Labute approximate surface area is 198 Å². The SMILES string of the molecule is CNc1nc(N)nc2nc(-c3c(N4CCC(O)C4OC(=O)C(F)(F)F)cccc3C(F)(F)F)ccc12. The van der Waals surface area contributed by atoms with E-state index < -0.39 is 41.8 Å². The molecule has 2 atom stereocenters. The molecule has 1 aliphatic heterocycles. The first kappa shape index (κ1) is 25.2. The lowest BCUT2D eigenvalue weighted by atomic mass is 9.99. The van der Waals surface area contributed by atoms with Gasteiger partial charge < -0.3 is 25.8 Å². The van der Waals surface area contributed by atoms with Crippen LogP contribution < -0.4 is 16.0 Å². The Kier molecular flexibility index (Phi) is 6.28. The molecule has 15 heteroatoms. The van der Waals surface area contributed by atoms with Crippen LogP contribution in [0.3, 0.4) is 0 Å². The predicted molar refractivity (Wildman–Crippen MR) is 116 cm³/mol. The van der Waals surface area contributed by atoms with Crippen LogP contribution in [-0.4, -0.2) is 58.1 Å². The van der Waals surface area contributed by atoms with Crippen LogP contribution in [0, 0.1) is 0 Å². The monoisotopic (exact) mass is 516 g/mol. The van der Waals surface area contributed by atoms with Crippen LogP contribution in [-0.2, 0) is 15.7 Å². The second kappa shape index (κ2) is 8.96. The van der Waals surface area contributed by atoms with Gasteiger partial charge >= 0.3 is 18.3 Å². The summed E-state index contributed by atoms with van der Waals surface area (Å²) in [5.74, 6) is -2.49. The maximum atomic E-state index is 14.1. The maximum absolute atomic E-state index is 14.1. The van der Waals surface area contributed by atoms with E-state index in [0.717, 1.165) is 17.0 Å². The molecule has 4 N–H and O–H groups in total. The molecule has 4 rings (SSSR count). The number of alkyl halides is 6. The summed E-state index contributed by atoms with van der Waals surface area (Å²) < 4.78 is 85.0. The van der Waals surface area contributed by atoms with Gasteiger partial charge in [-0.25, -0.2) is 9.78 Å². The molecule has 0 radical (unpaired) electrons. The lowest BCUT2D eigenvalue weighted by Crippen LogP contribution is -2.42. The average Bonchev–Trinajstić information content (AvgIpc) is 3.16. The van der Waals surface area contributed by atoms with Crippen LogP contribution >= 0.6 is 0 Å². The third kappa shape index (κ3) is 4.65. The van der Waals surface area contributed by atoms with E-state index in [9.17, 15) is 36.2 Å². The van der Waals surface area contributed by atoms with Gasteiger partial charge in [0.2, 0.25) is 12.2 Å². The van der Waals surface area contributed by atoms with E-state index in [4.69, 9.17) is 5.73 Å². The van der Waals surface area contributed by atoms with Gasteiger partial charge in [0.1, 0.15) is 11.9 Å². The Morgan fingerprint density at radius 1 is 1.14 bits per heavy atom. The Balaban J connectivity index is 1.90. The topological polar surface area (TPSA) is 126 Å². The van der Waals surface area contributed by atoms with E-state index in [0.29, 0.717) is 5.39 Å². The molecule has 192 valence electrons. The van der Waals surface area contributed by atoms with Crippen LogP contribution in [0.2, 0.25) is 0 Å². The standard InChI is InChI=1S/C21H18F6N6O3/c1-29-15-9-5-6-11(30-16(9)32-19(28)31-15)14-10(20(22,23)24)3-2-4-12(14)33-8-7-13(34)17(33)36-18(35)21(25,26)27/h2-6,13,17,34H,7-8H2,1H3,(H3,28,29,30,31,32). The highest BCUT2D eigenvalue weighted by Crippen LogP contribution is 2.44. The van der Waals surface area contributed by atoms with E-state index in [1.54, 1.807) is 7.05 Å². The van der Waals surface area contributed by atoms with E-state index >= 15 is 0 Å². The number of hydrogen-bond acceptors (Lipinski definition) is 9. The number of nitrogens with two attached hydrogens (primary N) is 1. The number of halogens is 6. The summed E-state index contributed by atoms with van der Waals surface area (Å²) >= 11 is 0. The molecule has 36 heavy (non-hydrogen) atoms. The molecule has 1 aliphatic rings. The molecule has 0 bridgehead atoms. The smallest absolute Gasteiger partial charge is 0.432 e. The van der Waals surface area contributed by atoms with Crippen molar-refractivity contribution in [2.75, 3.05) is 29.5 Å². The number of aromatic nitrogens is 3. The zero-order chi connectivity index (χ0) is 26.4. The molecule has 0 saturated carbocycles. The highest BCUT2D eigenvalue weighted by Gasteiger charge is 2.47. The minimum Gasteiger partial charge on any atom is -0.432 e. The van der Waals surface area contributed by atoms with Crippen molar-refractivity contribution in [1.82, 2.24) is 15.0 Å². The van der Waals surface area contributed by atoms with Gasteiger partial charge in [0.15, 0.2) is 5.65 Å². The summed E-state index contributed by atoms with van der Waals surface area (Å²) in [6.07, 6.45) is -13.9. The first-order valence-electron chi connectivity index (χ1n) is 10.4. The molecule has 1 fully saturated rings. The summed E-state index contributed by atoms with van der Waals surface area (Å²) in [6.45, 7) is -0.197. The molecule has 0 spiro atoms. The number of nitrogens with zero attached hydrogens (tertiary/aromatic N) is 4. The zero-order valence-corrected chi connectivity index (χ0v) is 18.4. The lowest BCUT2D eigenvalue weighted by molar-refractivity contribution is -0.207. The number of nitrogens with one attached hydrogen (secondary N) is 1. The van der Waals surface area contributed by atoms with Crippen molar-refractivity contribution in [2.45, 2.75) is 31.1 Å². The van der Waals surface area contributed by atoms with Crippen molar-refractivity contribution in [3.05, 3.63) is 35.9 Å². The first-order valence-corrected chi connectivity index (χ1v) is 10.4. The summed E-state index contributed by atoms with van der Waals surface area (Å²) in [7, 11) is 1.55. The number of benzene rings is 1. The molecule has 2 unspecified atom stereocenters. The van der Waals surface area contributed by atoms with Crippen molar-refractivity contribution in [1.29, 1.82) is 0 Å². The Morgan fingerprint density at radius 3 is 2.50 bits per heavy atom. The van der Waals surface area contributed by atoms with Crippen LogP contribution in [0.1, 0.15) is 12.0 Å². The highest BCUT2D eigenvalue weighted by molar-refractivity contribution is 5.91. The molecule has 0 aliphatic carbocycles. The van der Waals surface area contributed by atoms with E-state index in [1.807, 2.05) is 0 Å². The fourth-order valence-electron chi connectivity index (χ4n) is 3.97. The normalized spacial score (nSPS) is 18.5. The summed E-state index contributed by atoms with van der Waals surface area (Å²) in [5, 5.41) is 13.3. The second-order valence-electron chi connectivity index (χ2n) is 7.79. The lowest BCUT2D eigenvalue weighted by Gasteiger charge is -2.30. The van der Waals surface area contributed by atoms with Gasteiger partial charge in [0, 0.05) is 24.8 Å². The maximum Gasteiger partial charge on any atom is 0.491 e. The molecule has 1 saturated heterocycles. The number of hydrogen-bond donors (Lipinski definition) is 3. The molecular weight excluding hydrogens is 498 g/mol. The Morgan fingerprint density at radius 2 is 1.86 bits per heavy atom. The number of aliphatic hydroxyl groups excluding tert-OH is 1. The number of nitrogen functional groups attached to an aromatic ring is 1. The molecule has 9 nitrogen and oxygen atoms in total. The van der Waals surface area contributed by atoms with Gasteiger partial charge in [-0.2, -0.15) is 36.3 Å². The van der Waals surface area contributed by atoms with Crippen molar-refractivity contribution in [3.8, 4) is 11.3 Å². The zero-order valence-electron chi connectivity index (χ0n) is 18.4. The van der Waals surface area contributed by atoms with Crippen molar-refractivity contribution in [2.24, 2.45) is 0 Å². The summed E-state index contributed by atoms with van der Waals surface area (Å²) in [5.41, 5.74) is 3.51. The van der Waals surface area contributed by atoms with Crippen molar-refractivity contribution < 1.29 is 41.0 Å². The number of anilines is 3. The van der Waals surface area contributed by atoms with Gasteiger partial charge in [-0.05, 0) is 30.7 Å². The van der Waals surface area contributed by atoms with Gasteiger partial charge in [-0.3, -0.25) is 0 Å².